The molecule has 0 unspecified atom stereocenters. The number of nitrogens with one attached hydrogen (secondary N) is 1. The molecular weight excluding hydrogens is 289 g/mol. The number of aryl methyl sites for hydroxylation is 1. The van der Waals surface area contributed by atoms with E-state index in [-0.39, 0.29) is 5.82 Å². The maximum atomic E-state index is 13.3. The number of anilines is 1. The highest BCUT2D eigenvalue weighted by atomic mass is 32.1. The second-order valence-electron chi connectivity index (χ2n) is 4.65. The van der Waals surface area contributed by atoms with Gasteiger partial charge in [0.2, 0.25) is 0 Å². The molecule has 0 spiro atoms. The first-order valence-corrected chi connectivity index (χ1v) is 8.09. The molecule has 0 radical (unpaired) electrons. The number of thiophene rings is 2. The van der Waals surface area contributed by atoms with E-state index in [2.05, 4.69) is 34.3 Å². The molecule has 1 aromatic carbocycles. The van der Waals surface area contributed by atoms with E-state index in [1.165, 1.54) is 27.5 Å². The van der Waals surface area contributed by atoms with Gasteiger partial charge in [0.05, 0.1) is 0 Å². The molecule has 0 aliphatic rings. The van der Waals surface area contributed by atoms with Crippen molar-refractivity contribution in [2.75, 3.05) is 5.32 Å². The normalized spacial score (nSPS) is 10.7. The van der Waals surface area contributed by atoms with Crippen molar-refractivity contribution >= 4 is 28.4 Å². The fourth-order valence-corrected chi connectivity index (χ4v) is 3.69. The molecule has 0 bridgehead atoms. The summed E-state index contributed by atoms with van der Waals surface area (Å²) in [5, 5.41) is 7.53. The van der Waals surface area contributed by atoms with Gasteiger partial charge in [-0.05, 0) is 53.6 Å². The Kier molecular flexibility index (Phi) is 3.85. The summed E-state index contributed by atoms with van der Waals surface area (Å²) in [5.74, 6) is -0.196. The van der Waals surface area contributed by atoms with E-state index in [0.29, 0.717) is 0 Å². The summed E-state index contributed by atoms with van der Waals surface area (Å²) in [5.41, 5.74) is 3.02. The first kappa shape index (κ1) is 13.3. The Bertz CT molecular complexity index is 681. The minimum absolute atomic E-state index is 0.196. The predicted octanol–water partition coefficient (Wildman–Crippen LogP) is 5.54. The van der Waals surface area contributed by atoms with Gasteiger partial charge in [0.1, 0.15) is 5.82 Å². The van der Waals surface area contributed by atoms with Crippen LogP contribution in [0.15, 0.2) is 47.2 Å². The first-order valence-electron chi connectivity index (χ1n) is 6.33. The van der Waals surface area contributed by atoms with Crippen LogP contribution in [0, 0.1) is 12.7 Å². The fraction of sp³-hybridized carbons (Fsp3) is 0.125. The Labute approximate surface area is 125 Å². The van der Waals surface area contributed by atoms with Gasteiger partial charge in [0.15, 0.2) is 0 Å². The SMILES string of the molecule is Cc1cc(F)cc(NCc2cc(-c3cccs3)cs2)c1. The van der Waals surface area contributed by atoms with Crippen LogP contribution in [-0.2, 0) is 6.54 Å². The summed E-state index contributed by atoms with van der Waals surface area (Å²) < 4.78 is 13.3. The Hall–Kier alpha value is -1.65. The summed E-state index contributed by atoms with van der Waals surface area (Å²) >= 11 is 3.47. The molecule has 0 aliphatic heterocycles. The second kappa shape index (κ2) is 5.77. The van der Waals surface area contributed by atoms with Crippen molar-refractivity contribution in [3.63, 3.8) is 0 Å². The molecule has 20 heavy (non-hydrogen) atoms. The Morgan fingerprint density at radius 3 is 2.80 bits per heavy atom. The maximum Gasteiger partial charge on any atom is 0.125 e. The number of rotatable bonds is 4. The van der Waals surface area contributed by atoms with E-state index in [0.717, 1.165) is 17.8 Å². The van der Waals surface area contributed by atoms with Gasteiger partial charge in [-0.2, -0.15) is 0 Å². The molecule has 0 saturated carbocycles. The van der Waals surface area contributed by atoms with Crippen molar-refractivity contribution in [3.05, 3.63) is 63.4 Å². The molecule has 1 nitrogen and oxygen atoms in total. The lowest BCUT2D eigenvalue weighted by molar-refractivity contribution is 0.627. The highest BCUT2D eigenvalue weighted by molar-refractivity contribution is 7.14. The van der Waals surface area contributed by atoms with Crippen LogP contribution < -0.4 is 5.32 Å². The minimum atomic E-state index is -0.196. The van der Waals surface area contributed by atoms with Crippen LogP contribution in [0.25, 0.3) is 10.4 Å². The largest absolute Gasteiger partial charge is 0.380 e. The third-order valence-electron chi connectivity index (χ3n) is 2.97. The van der Waals surface area contributed by atoms with E-state index in [9.17, 15) is 4.39 Å². The maximum absolute atomic E-state index is 13.3. The van der Waals surface area contributed by atoms with E-state index in [1.54, 1.807) is 22.7 Å². The molecule has 4 heteroatoms. The van der Waals surface area contributed by atoms with Gasteiger partial charge < -0.3 is 5.32 Å². The Morgan fingerprint density at radius 1 is 1.15 bits per heavy atom. The first-order chi connectivity index (χ1) is 9.70. The summed E-state index contributed by atoms with van der Waals surface area (Å²) in [6, 6.07) is 11.4. The Morgan fingerprint density at radius 2 is 2.05 bits per heavy atom. The van der Waals surface area contributed by atoms with Crippen molar-refractivity contribution in [2.24, 2.45) is 0 Å². The van der Waals surface area contributed by atoms with Crippen LogP contribution >= 0.6 is 22.7 Å². The average Bonchev–Trinajstić information content (AvgIpc) is 3.06. The predicted molar refractivity (Wildman–Crippen MR) is 86.1 cm³/mol. The van der Waals surface area contributed by atoms with Gasteiger partial charge in [0, 0.05) is 27.5 Å². The van der Waals surface area contributed by atoms with Crippen molar-refractivity contribution < 1.29 is 4.39 Å². The van der Waals surface area contributed by atoms with E-state index >= 15 is 0 Å². The monoisotopic (exact) mass is 303 g/mol. The number of benzene rings is 1. The quantitative estimate of drug-likeness (QED) is 0.667. The number of hydrogen-bond acceptors (Lipinski definition) is 3. The third kappa shape index (κ3) is 3.08. The van der Waals surface area contributed by atoms with Gasteiger partial charge in [-0.15, -0.1) is 22.7 Å². The van der Waals surface area contributed by atoms with Gasteiger partial charge in [-0.1, -0.05) is 6.07 Å². The highest BCUT2D eigenvalue weighted by Crippen LogP contribution is 2.29. The summed E-state index contributed by atoms with van der Waals surface area (Å²) in [6.45, 7) is 2.62. The standard InChI is InChI=1S/C16H14FNS2/c1-11-5-13(17)8-14(6-11)18-9-15-7-12(10-20-15)16-3-2-4-19-16/h2-8,10,18H,9H2,1H3. The van der Waals surface area contributed by atoms with E-state index in [4.69, 9.17) is 0 Å². The molecule has 0 atom stereocenters. The van der Waals surface area contributed by atoms with Crippen molar-refractivity contribution in [1.29, 1.82) is 0 Å². The molecule has 3 rings (SSSR count). The van der Waals surface area contributed by atoms with Gasteiger partial charge in [-0.25, -0.2) is 4.39 Å². The van der Waals surface area contributed by atoms with Crippen LogP contribution in [0.3, 0.4) is 0 Å². The zero-order chi connectivity index (χ0) is 13.9. The third-order valence-corrected chi connectivity index (χ3v) is 4.82. The number of hydrogen-bond donors (Lipinski definition) is 1. The van der Waals surface area contributed by atoms with Gasteiger partial charge >= 0.3 is 0 Å². The molecule has 2 aromatic heterocycles. The molecule has 3 aromatic rings. The van der Waals surface area contributed by atoms with Gasteiger partial charge in [-0.3, -0.25) is 0 Å². The van der Waals surface area contributed by atoms with Gasteiger partial charge in [0.25, 0.3) is 0 Å². The van der Waals surface area contributed by atoms with Crippen LogP contribution in [0.2, 0.25) is 0 Å². The van der Waals surface area contributed by atoms with Crippen LogP contribution in [0.5, 0.6) is 0 Å². The molecule has 0 fully saturated rings. The average molecular weight is 303 g/mol. The molecular formula is C16H14FNS2. The van der Waals surface area contributed by atoms with Crippen molar-refractivity contribution in [3.8, 4) is 10.4 Å². The van der Waals surface area contributed by atoms with Crippen LogP contribution in [0.1, 0.15) is 10.4 Å². The zero-order valence-electron chi connectivity index (χ0n) is 11.0. The van der Waals surface area contributed by atoms with E-state index < -0.39 is 0 Å². The molecule has 1 N–H and O–H groups in total. The van der Waals surface area contributed by atoms with E-state index in [1.807, 2.05) is 13.0 Å². The summed E-state index contributed by atoms with van der Waals surface area (Å²) in [7, 11) is 0. The smallest absolute Gasteiger partial charge is 0.125 e. The second-order valence-corrected chi connectivity index (χ2v) is 6.59. The molecule has 0 amide bonds. The lowest BCUT2D eigenvalue weighted by atomic mass is 10.2. The van der Waals surface area contributed by atoms with Crippen LogP contribution in [-0.4, -0.2) is 0 Å². The fourth-order valence-electron chi connectivity index (χ4n) is 2.07. The molecule has 0 aliphatic carbocycles. The summed E-state index contributed by atoms with van der Waals surface area (Å²) in [4.78, 5) is 2.53. The zero-order valence-corrected chi connectivity index (χ0v) is 12.7. The van der Waals surface area contributed by atoms with Crippen molar-refractivity contribution in [2.45, 2.75) is 13.5 Å². The number of halogens is 1. The lowest BCUT2D eigenvalue weighted by Crippen LogP contribution is -1.98. The molecule has 2 heterocycles. The Balaban J connectivity index is 1.69. The minimum Gasteiger partial charge on any atom is -0.380 e. The topological polar surface area (TPSA) is 12.0 Å². The van der Waals surface area contributed by atoms with Crippen LogP contribution in [0.4, 0.5) is 10.1 Å². The van der Waals surface area contributed by atoms with Crippen molar-refractivity contribution in [1.82, 2.24) is 0 Å². The molecule has 0 saturated heterocycles. The lowest BCUT2D eigenvalue weighted by Gasteiger charge is -2.06. The molecule has 102 valence electrons. The summed E-state index contributed by atoms with van der Waals surface area (Å²) in [6.07, 6.45) is 0. The highest BCUT2D eigenvalue weighted by Gasteiger charge is 2.04.